The Bertz CT molecular complexity index is 1310. The molecule has 0 saturated carbocycles. The Kier molecular flexibility index (Phi) is 5.29. The van der Waals surface area contributed by atoms with E-state index in [9.17, 15) is 20.1 Å². The molecule has 3 N–H and O–H groups in total. The Balaban J connectivity index is 1.86. The minimum atomic E-state index is -0.662. The highest BCUT2D eigenvalue weighted by Crippen LogP contribution is 2.37. The SMILES string of the molecule is CC(C)Oc1cc(O)cc2oc(-c3ccc(O)c(Cc4ccccc4)c3)c(O)c(=O)c12. The van der Waals surface area contributed by atoms with Gasteiger partial charge in [-0.25, -0.2) is 0 Å². The van der Waals surface area contributed by atoms with Gasteiger partial charge in [-0.15, -0.1) is 0 Å². The molecule has 0 saturated heterocycles. The number of aromatic hydroxyl groups is 3. The maximum atomic E-state index is 13.0. The molecule has 0 fully saturated rings. The van der Waals surface area contributed by atoms with Crippen LogP contribution in [0, 0.1) is 0 Å². The third-order valence-corrected chi connectivity index (χ3v) is 4.86. The van der Waals surface area contributed by atoms with Crippen LogP contribution < -0.4 is 10.2 Å². The van der Waals surface area contributed by atoms with E-state index < -0.39 is 11.2 Å². The highest BCUT2D eigenvalue weighted by molar-refractivity contribution is 5.88. The van der Waals surface area contributed by atoms with Crippen molar-refractivity contribution in [1.29, 1.82) is 0 Å². The van der Waals surface area contributed by atoms with Crippen LogP contribution in [0.2, 0.25) is 0 Å². The van der Waals surface area contributed by atoms with Crippen LogP contribution in [0.3, 0.4) is 0 Å². The van der Waals surface area contributed by atoms with Crippen molar-refractivity contribution in [3.63, 3.8) is 0 Å². The zero-order valence-electron chi connectivity index (χ0n) is 17.1. The topological polar surface area (TPSA) is 100 Å². The molecule has 3 aromatic carbocycles. The highest BCUT2D eigenvalue weighted by atomic mass is 16.5. The van der Waals surface area contributed by atoms with E-state index in [-0.39, 0.29) is 40.1 Å². The standard InChI is InChI=1S/C25H22O6/c1-14(2)30-20-12-18(26)13-21-22(20)23(28)24(29)25(31-21)16-8-9-19(27)17(11-16)10-15-6-4-3-5-7-15/h3-9,11-14,26-27,29H,10H2,1-2H3. The lowest BCUT2D eigenvalue weighted by molar-refractivity contribution is 0.244. The van der Waals surface area contributed by atoms with Crippen LogP contribution in [0.25, 0.3) is 22.3 Å². The number of phenolic OH excluding ortho intramolecular Hbond substituents is 2. The largest absolute Gasteiger partial charge is 0.508 e. The minimum Gasteiger partial charge on any atom is -0.508 e. The van der Waals surface area contributed by atoms with Crippen LogP contribution in [0.4, 0.5) is 0 Å². The average molecular weight is 418 g/mol. The first-order valence-corrected chi connectivity index (χ1v) is 9.89. The minimum absolute atomic E-state index is 0.0482. The first-order valence-electron chi connectivity index (χ1n) is 9.89. The number of benzene rings is 3. The van der Waals surface area contributed by atoms with Crippen LogP contribution in [0.1, 0.15) is 25.0 Å². The molecular formula is C25H22O6. The molecule has 0 aliphatic carbocycles. The molecule has 0 bridgehead atoms. The molecule has 6 heteroatoms. The van der Waals surface area contributed by atoms with Crippen LogP contribution in [0.15, 0.2) is 69.9 Å². The van der Waals surface area contributed by atoms with Crippen molar-refractivity contribution in [2.24, 2.45) is 0 Å². The molecule has 0 unspecified atom stereocenters. The monoisotopic (exact) mass is 418 g/mol. The van der Waals surface area contributed by atoms with Gasteiger partial charge in [0, 0.05) is 24.1 Å². The van der Waals surface area contributed by atoms with E-state index in [1.54, 1.807) is 26.0 Å². The summed E-state index contributed by atoms with van der Waals surface area (Å²) >= 11 is 0. The van der Waals surface area contributed by atoms with Gasteiger partial charge in [-0.3, -0.25) is 4.79 Å². The summed E-state index contributed by atoms with van der Waals surface area (Å²) in [5, 5.41) is 31.0. The van der Waals surface area contributed by atoms with Gasteiger partial charge in [-0.05, 0) is 43.2 Å². The highest BCUT2D eigenvalue weighted by Gasteiger charge is 2.21. The van der Waals surface area contributed by atoms with Gasteiger partial charge in [0.15, 0.2) is 5.76 Å². The summed E-state index contributed by atoms with van der Waals surface area (Å²) in [6.07, 6.45) is 0.218. The van der Waals surface area contributed by atoms with Crippen molar-refractivity contribution < 1.29 is 24.5 Å². The van der Waals surface area contributed by atoms with E-state index in [1.165, 1.54) is 18.2 Å². The summed E-state index contributed by atoms with van der Waals surface area (Å²) in [5.74, 6) is -0.508. The Morgan fingerprint density at radius 1 is 0.968 bits per heavy atom. The van der Waals surface area contributed by atoms with Gasteiger partial charge in [0.1, 0.15) is 28.2 Å². The molecule has 4 aromatic rings. The molecule has 4 rings (SSSR count). The molecule has 158 valence electrons. The zero-order valence-corrected chi connectivity index (χ0v) is 17.1. The van der Waals surface area contributed by atoms with Gasteiger partial charge in [-0.2, -0.15) is 0 Å². The molecule has 0 aliphatic rings. The Morgan fingerprint density at radius 2 is 1.71 bits per heavy atom. The number of phenols is 2. The van der Waals surface area contributed by atoms with Gasteiger partial charge in [0.05, 0.1) is 6.10 Å². The lowest BCUT2D eigenvalue weighted by Crippen LogP contribution is -2.10. The first kappa shape index (κ1) is 20.3. The van der Waals surface area contributed by atoms with E-state index in [4.69, 9.17) is 9.15 Å². The summed E-state index contributed by atoms with van der Waals surface area (Å²) in [6.45, 7) is 3.58. The van der Waals surface area contributed by atoms with Crippen molar-refractivity contribution in [1.82, 2.24) is 0 Å². The number of rotatable bonds is 5. The third-order valence-electron chi connectivity index (χ3n) is 4.86. The van der Waals surface area contributed by atoms with Crippen molar-refractivity contribution in [3.8, 4) is 34.3 Å². The molecule has 6 nitrogen and oxygen atoms in total. The van der Waals surface area contributed by atoms with E-state index in [0.717, 1.165) is 5.56 Å². The Labute approximate surface area is 178 Å². The van der Waals surface area contributed by atoms with Gasteiger partial charge >= 0.3 is 0 Å². The van der Waals surface area contributed by atoms with Crippen molar-refractivity contribution in [3.05, 3.63) is 82.0 Å². The predicted octanol–water partition coefficient (Wildman–Crippen LogP) is 4.95. The molecular weight excluding hydrogens is 396 g/mol. The second-order valence-electron chi connectivity index (χ2n) is 7.60. The maximum Gasteiger partial charge on any atom is 0.238 e. The summed E-state index contributed by atoms with van der Waals surface area (Å²) in [7, 11) is 0. The van der Waals surface area contributed by atoms with E-state index in [2.05, 4.69) is 0 Å². The molecule has 0 atom stereocenters. The van der Waals surface area contributed by atoms with Crippen molar-refractivity contribution in [2.45, 2.75) is 26.4 Å². The molecule has 0 amide bonds. The second kappa shape index (κ2) is 8.07. The zero-order chi connectivity index (χ0) is 22.1. The van der Waals surface area contributed by atoms with Crippen LogP contribution in [-0.2, 0) is 6.42 Å². The fraction of sp³-hybridized carbons (Fsp3) is 0.160. The lowest BCUT2D eigenvalue weighted by atomic mass is 10.00. The van der Waals surface area contributed by atoms with Crippen LogP contribution in [0.5, 0.6) is 23.0 Å². The number of fused-ring (bicyclic) bond motifs is 1. The van der Waals surface area contributed by atoms with E-state index in [1.807, 2.05) is 30.3 Å². The molecule has 1 heterocycles. The van der Waals surface area contributed by atoms with Gasteiger partial charge in [0.2, 0.25) is 11.2 Å². The van der Waals surface area contributed by atoms with Crippen molar-refractivity contribution in [2.75, 3.05) is 0 Å². The Morgan fingerprint density at radius 3 is 2.42 bits per heavy atom. The lowest BCUT2D eigenvalue weighted by Gasteiger charge is -2.14. The summed E-state index contributed by atoms with van der Waals surface area (Å²) in [5.41, 5.74) is 1.47. The number of ether oxygens (including phenoxy) is 1. The van der Waals surface area contributed by atoms with Gasteiger partial charge in [0.25, 0.3) is 0 Å². The maximum absolute atomic E-state index is 13.0. The van der Waals surface area contributed by atoms with Crippen LogP contribution in [-0.4, -0.2) is 21.4 Å². The summed E-state index contributed by atoms with van der Waals surface area (Å²) in [6, 6.07) is 17.0. The molecule has 31 heavy (non-hydrogen) atoms. The fourth-order valence-corrected chi connectivity index (χ4v) is 3.49. The first-order chi connectivity index (χ1) is 14.8. The number of hydrogen-bond acceptors (Lipinski definition) is 6. The average Bonchev–Trinajstić information content (AvgIpc) is 2.72. The quantitative estimate of drug-likeness (QED) is 0.424. The molecule has 1 aromatic heterocycles. The Hall–Kier alpha value is -3.93. The third kappa shape index (κ3) is 4.05. The van der Waals surface area contributed by atoms with Crippen molar-refractivity contribution >= 4 is 11.0 Å². The smallest absolute Gasteiger partial charge is 0.238 e. The summed E-state index contributed by atoms with van der Waals surface area (Å²) < 4.78 is 11.5. The van der Waals surface area contributed by atoms with E-state index in [0.29, 0.717) is 17.5 Å². The number of hydrogen-bond donors (Lipinski definition) is 3. The molecule has 0 aliphatic heterocycles. The second-order valence-corrected chi connectivity index (χ2v) is 7.60. The summed E-state index contributed by atoms with van der Waals surface area (Å²) in [4.78, 5) is 13.0. The van der Waals surface area contributed by atoms with E-state index >= 15 is 0 Å². The van der Waals surface area contributed by atoms with Crippen LogP contribution >= 0.6 is 0 Å². The molecule has 0 radical (unpaired) electrons. The normalized spacial score (nSPS) is 11.2. The van der Waals surface area contributed by atoms with Gasteiger partial charge in [-0.1, -0.05) is 30.3 Å². The fourth-order valence-electron chi connectivity index (χ4n) is 3.49. The van der Waals surface area contributed by atoms with Gasteiger partial charge < -0.3 is 24.5 Å². The molecule has 0 spiro atoms. The predicted molar refractivity (Wildman–Crippen MR) is 118 cm³/mol.